The first-order valence-electron chi connectivity index (χ1n) is 12.6. The maximum atomic E-state index is 14.8. The first-order chi connectivity index (χ1) is 19.7. The Morgan fingerprint density at radius 1 is 1.22 bits per heavy atom. The molecule has 0 bridgehead atoms. The van der Waals surface area contributed by atoms with Crippen LogP contribution in [0.4, 0.5) is 14.9 Å². The van der Waals surface area contributed by atoms with Gasteiger partial charge < -0.3 is 14.6 Å². The second-order valence-corrected chi connectivity index (χ2v) is 11.1. The summed E-state index contributed by atoms with van der Waals surface area (Å²) in [7, 11) is -3.71. The number of anilines is 1. The molecule has 0 aliphatic carbocycles. The fourth-order valence-electron chi connectivity index (χ4n) is 3.75. The number of halogens is 1. The minimum Gasteiger partial charge on any atom is -0.442 e. The van der Waals surface area contributed by atoms with Crippen LogP contribution in [0.1, 0.15) is 25.0 Å². The zero-order valence-electron chi connectivity index (χ0n) is 22.2. The Morgan fingerprint density at radius 3 is 2.59 bits per heavy atom. The van der Waals surface area contributed by atoms with E-state index in [0.29, 0.717) is 16.3 Å². The number of benzene rings is 2. The van der Waals surface area contributed by atoms with Crippen LogP contribution in [0, 0.1) is 5.82 Å². The molecule has 1 fully saturated rings. The molecule has 1 saturated heterocycles. The topological polar surface area (TPSA) is 145 Å². The Hall–Kier alpha value is -3.71. The van der Waals surface area contributed by atoms with E-state index in [0.717, 1.165) is 11.8 Å². The van der Waals surface area contributed by atoms with Crippen molar-refractivity contribution < 1.29 is 41.6 Å². The van der Waals surface area contributed by atoms with Gasteiger partial charge in [0, 0.05) is 11.6 Å². The molecule has 4 rings (SSSR count). The average molecular weight is 607 g/mol. The van der Waals surface area contributed by atoms with Gasteiger partial charge in [-0.05, 0) is 55.8 Å². The lowest BCUT2D eigenvalue weighted by molar-refractivity contribution is -0.118. The maximum Gasteiger partial charge on any atom is 0.530 e. The number of ether oxygens (including phenoxy) is 1. The predicted molar refractivity (Wildman–Crippen MR) is 151 cm³/mol. The second-order valence-electron chi connectivity index (χ2n) is 8.54. The van der Waals surface area contributed by atoms with Gasteiger partial charge in [0.25, 0.3) is 5.91 Å². The monoisotopic (exact) mass is 606 g/mol. The number of cyclic esters (lactones) is 1. The van der Waals surface area contributed by atoms with Crippen molar-refractivity contribution in [3.63, 3.8) is 0 Å². The number of hydrazone groups is 1. The minimum absolute atomic E-state index is 0.0516. The van der Waals surface area contributed by atoms with E-state index in [2.05, 4.69) is 15.8 Å². The molecule has 2 aliphatic heterocycles. The molecule has 0 spiro atoms. The molecule has 2 aromatic rings. The zero-order valence-corrected chi connectivity index (χ0v) is 23.9. The predicted octanol–water partition coefficient (Wildman–Crippen LogP) is 4.07. The van der Waals surface area contributed by atoms with Crippen LogP contribution in [0.3, 0.4) is 0 Å². The first-order valence-corrected chi connectivity index (χ1v) is 15.1. The molecule has 15 heteroatoms. The molecule has 41 heavy (non-hydrogen) atoms. The summed E-state index contributed by atoms with van der Waals surface area (Å²) in [6, 6.07) is 10.7. The summed E-state index contributed by atoms with van der Waals surface area (Å²) >= 11 is 1.12. The van der Waals surface area contributed by atoms with Gasteiger partial charge in [-0.25, -0.2) is 19.2 Å². The van der Waals surface area contributed by atoms with Crippen LogP contribution in [0.5, 0.6) is 5.75 Å². The van der Waals surface area contributed by atoms with Gasteiger partial charge in [0.15, 0.2) is 0 Å². The summed E-state index contributed by atoms with van der Waals surface area (Å²) in [4.78, 5) is 37.3. The minimum atomic E-state index is -3.71. The van der Waals surface area contributed by atoms with E-state index < -0.39 is 31.7 Å². The quantitative estimate of drug-likeness (QED) is 0.270. The first kappa shape index (κ1) is 30.3. The second kappa shape index (κ2) is 13.8. The van der Waals surface area contributed by atoms with Crippen LogP contribution in [0.25, 0.3) is 6.08 Å². The van der Waals surface area contributed by atoms with Crippen molar-refractivity contribution in [3.8, 4) is 5.75 Å². The van der Waals surface area contributed by atoms with Crippen LogP contribution in [0.15, 0.2) is 53.6 Å². The van der Waals surface area contributed by atoms with E-state index >= 15 is 0 Å². The van der Waals surface area contributed by atoms with Crippen LogP contribution < -0.4 is 20.2 Å². The highest BCUT2D eigenvalue weighted by atomic mass is 32.2. The molecule has 218 valence electrons. The van der Waals surface area contributed by atoms with Crippen LogP contribution in [-0.2, 0) is 27.9 Å². The third-order valence-corrected chi connectivity index (χ3v) is 8.17. The number of carbonyl (C=O) groups is 3. The van der Waals surface area contributed by atoms with Gasteiger partial charge in [-0.3, -0.25) is 23.5 Å². The van der Waals surface area contributed by atoms with Gasteiger partial charge in [-0.2, -0.15) is 5.10 Å². The molecular formula is C26H28FN4O8PS. The van der Waals surface area contributed by atoms with E-state index in [1.807, 2.05) is 0 Å². The molecule has 1 unspecified atom stereocenters. The largest absolute Gasteiger partial charge is 0.530 e. The van der Waals surface area contributed by atoms with Gasteiger partial charge in [0.05, 0.1) is 37.7 Å². The smallest absolute Gasteiger partial charge is 0.442 e. The number of nitrogens with one attached hydrogen (secondary N) is 2. The fourth-order valence-corrected chi connectivity index (χ4v) is 5.71. The Bertz CT molecular complexity index is 1390. The molecule has 2 aromatic carbocycles. The standard InChI is InChI=1S/C26H28FN4O8PS/c1-3-36-40(35,37-4-2)39-19-9-5-17(6-10-19)7-12-23(32)28-14-20-15-31(26(34)38-20)18-8-11-21(22(27)13-18)25-30-29-24(33)16-41-25/h5-13,20H,3-4,14-16H2,1-2H3,(H,28,32)(H,29,33). The molecule has 2 heterocycles. The summed E-state index contributed by atoms with van der Waals surface area (Å²) in [6.07, 6.45) is 1.59. The van der Waals surface area contributed by atoms with Crippen molar-refractivity contribution in [2.24, 2.45) is 5.10 Å². The Labute approximate surface area is 239 Å². The molecular weight excluding hydrogens is 578 g/mol. The van der Waals surface area contributed by atoms with Gasteiger partial charge in [0.2, 0.25) is 5.91 Å². The molecule has 2 aliphatic rings. The van der Waals surface area contributed by atoms with Crippen LogP contribution in [-0.4, -0.2) is 61.1 Å². The lowest BCUT2D eigenvalue weighted by Gasteiger charge is -2.16. The number of rotatable bonds is 12. The summed E-state index contributed by atoms with van der Waals surface area (Å²) in [6.45, 7) is 3.85. The SMILES string of the molecule is CCOP(=O)(OCC)Oc1ccc(C=CC(=O)NCC2CN(c3ccc(C4=NNC(=O)CS4)c(F)c3)C(=O)O2)cc1. The zero-order chi connectivity index (χ0) is 29.4. The average Bonchev–Trinajstić information content (AvgIpc) is 3.32. The molecule has 12 nitrogen and oxygen atoms in total. The Kier molecular flexibility index (Phi) is 10.2. The van der Waals surface area contributed by atoms with Crippen molar-refractivity contribution in [2.75, 3.05) is 37.0 Å². The maximum absolute atomic E-state index is 14.8. The molecule has 1 atom stereocenters. The number of amides is 3. The normalized spacial score (nSPS) is 17.3. The Balaban J connectivity index is 1.27. The van der Waals surface area contributed by atoms with Gasteiger partial charge in [0.1, 0.15) is 22.7 Å². The number of nitrogens with zero attached hydrogens (tertiary/aromatic N) is 2. The molecule has 0 saturated carbocycles. The van der Waals surface area contributed by atoms with Gasteiger partial charge >= 0.3 is 13.9 Å². The highest BCUT2D eigenvalue weighted by molar-refractivity contribution is 8.15. The van der Waals surface area contributed by atoms with E-state index in [1.165, 1.54) is 23.1 Å². The van der Waals surface area contributed by atoms with Crippen molar-refractivity contribution >= 4 is 54.3 Å². The van der Waals surface area contributed by atoms with Crippen molar-refractivity contribution in [2.45, 2.75) is 20.0 Å². The molecule has 3 amide bonds. The third-order valence-electron chi connectivity index (χ3n) is 5.59. The number of hydrogen-bond donors (Lipinski definition) is 2. The molecule has 0 radical (unpaired) electrons. The number of carbonyl (C=O) groups excluding carboxylic acids is 3. The summed E-state index contributed by atoms with van der Waals surface area (Å²) in [5, 5.41) is 6.88. The number of thioether (sulfide) groups is 1. The van der Waals surface area contributed by atoms with Crippen LogP contribution >= 0.6 is 19.6 Å². The van der Waals surface area contributed by atoms with Gasteiger partial charge in [-0.15, -0.1) is 0 Å². The van der Waals surface area contributed by atoms with Crippen LogP contribution in [0.2, 0.25) is 0 Å². The van der Waals surface area contributed by atoms with E-state index in [-0.39, 0.29) is 49.3 Å². The lowest BCUT2D eigenvalue weighted by Crippen LogP contribution is -2.33. The summed E-state index contributed by atoms with van der Waals surface area (Å²) in [5.41, 5.74) is 3.50. The van der Waals surface area contributed by atoms with E-state index in [1.54, 1.807) is 50.3 Å². The summed E-state index contributed by atoms with van der Waals surface area (Å²) < 4.78 is 48.1. The number of hydrogen-bond acceptors (Lipinski definition) is 10. The van der Waals surface area contributed by atoms with E-state index in [9.17, 15) is 23.3 Å². The molecule has 0 aromatic heterocycles. The fraction of sp³-hybridized carbons (Fsp3) is 0.308. The third kappa shape index (κ3) is 8.17. The van der Waals surface area contributed by atoms with Crippen molar-refractivity contribution in [3.05, 3.63) is 65.5 Å². The lowest BCUT2D eigenvalue weighted by atomic mass is 10.2. The highest BCUT2D eigenvalue weighted by Gasteiger charge is 2.33. The van der Waals surface area contributed by atoms with Crippen molar-refractivity contribution in [1.82, 2.24) is 10.7 Å². The number of phosphoric acid groups is 1. The molecule has 2 N–H and O–H groups in total. The van der Waals surface area contributed by atoms with E-state index in [4.69, 9.17) is 18.3 Å². The Morgan fingerprint density at radius 2 is 1.95 bits per heavy atom. The summed E-state index contributed by atoms with van der Waals surface area (Å²) in [5.74, 6) is -0.856. The van der Waals surface area contributed by atoms with Gasteiger partial charge in [-0.1, -0.05) is 23.9 Å². The van der Waals surface area contributed by atoms with Crippen molar-refractivity contribution in [1.29, 1.82) is 0 Å². The number of phosphoric ester groups is 1. The highest BCUT2D eigenvalue weighted by Crippen LogP contribution is 2.49.